The van der Waals surface area contributed by atoms with Crippen LogP contribution >= 0.6 is 0 Å². The number of hydrogen-bond acceptors (Lipinski definition) is 5. The van der Waals surface area contributed by atoms with E-state index in [9.17, 15) is 0 Å². The van der Waals surface area contributed by atoms with Gasteiger partial charge in [-0.3, -0.25) is 9.88 Å². The number of benzene rings is 1. The lowest BCUT2D eigenvalue weighted by Crippen LogP contribution is -2.36. The highest BCUT2D eigenvalue weighted by Crippen LogP contribution is 2.33. The van der Waals surface area contributed by atoms with Crippen LogP contribution in [0.15, 0.2) is 67.4 Å². The van der Waals surface area contributed by atoms with Crippen LogP contribution in [0.5, 0.6) is 0 Å². The molecule has 1 atom stereocenters. The summed E-state index contributed by atoms with van der Waals surface area (Å²) < 4.78 is 1.82. The number of H-pyrrole nitrogens is 1. The van der Waals surface area contributed by atoms with Gasteiger partial charge in [0.2, 0.25) is 0 Å². The fraction of sp³-hybridized carbons (Fsp3) is 0.200. The van der Waals surface area contributed by atoms with Crippen molar-refractivity contribution in [2.45, 2.75) is 19.0 Å². The molecule has 0 fully saturated rings. The first-order valence-electron chi connectivity index (χ1n) is 9.01. The van der Waals surface area contributed by atoms with E-state index in [1.54, 1.807) is 12.5 Å². The zero-order valence-corrected chi connectivity index (χ0v) is 14.7. The molecule has 1 N–H and O–H groups in total. The van der Waals surface area contributed by atoms with Crippen LogP contribution in [0.25, 0.3) is 5.69 Å². The smallest absolute Gasteiger partial charge is 0.0972 e. The van der Waals surface area contributed by atoms with Gasteiger partial charge in [0.25, 0.3) is 0 Å². The van der Waals surface area contributed by atoms with Gasteiger partial charge in [-0.15, -0.1) is 5.10 Å². The fourth-order valence-electron chi connectivity index (χ4n) is 3.69. The van der Waals surface area contributed by atoms with Gasteiger partial charge < -0.3 is 4.98 Å². The van der Waals surface area contributed by atoms with Crippen molar-refractivity contribution in [3.63, 3.8) is 0 Å². The van der Waals surface area contributed by atoms with Crippen LogP contribution < -0.4 is 0 Å². The molecular weight excluding hydrogens is 338 g/mol. The Balaban J connectivity index is 1.45. The third kappa shape index (κ3) is 3.02. The predicted molar refractivity (Wildman–Crippen MR) is 100 cm³/mol. The van der Waals surface area contributed by atoms with Crippen molar-refractivity contribution in [3.05, 3.63) is 90.0 Å². The number of imidazole rings is 1. The second kappa shape index (κ2) is 6.77. The Hall–Kier alpha value is -3.32. The van der Waals surface area contributed by atoms with Gasteiger partial charge in [0.05, 0.1) is 35.6 Å². The summed E-state index contributed by atoms with van der Waals surface area (Å²) in [6.45, 7) is 1.63. The summed E-state index contributed by atoms with van der Waals surface area (Å²) in [6.07, 6.45) is 8.44. The highest BCUT2D eigenvalue weighted by atomic mass is 15.4. The summed E-state index contributed by atoms with van der Waals surface area (Å²) in [4.78, 5) is 14.6. The highest BCUT2D eigenvalue weighted by molar-refractivity contribution is 5.32. The van der Waals surface area contributed by atoms with Crippen molar-refractivity contribution < 1.29 is 0 Å². The van der Waals surface area contributed by atoms with Crippen molar-refractivity contribution in [1.29, 1.82) is 0 Å². The molecule has 0 radical (unpaired) electrons. The van der Waals surface area contributed by atoms with E-state index in [4.69, 9.17) is 0 Å². The lowest BCUT2D eigenvalue weighted by Gasteiger charge is -2.34. The van der Waals surface area contributed by atoms with E-state index in [1.807, 2.05) is 53.5 Å². The van der Waals surface area contributed by atoms with Gasteiger partial charge in [0, 0.05) is 37.6 Å². The number of aromatic nitrogens is 6. The summed E-state index contributed by atoms with van der Waals surface area (Å²) in [5.74, 6) is 0. The molecule has 1 unspecified atom stereocenters. The first-order chi connectivity index (χ1) is 13.4. The average Bonchev–Trinajstić information content (AvgIpc) is 3.39. The Morgan fingerprint density at radius 3 is 2.89 bits per heavy atom. The van der Waals surface area contributed by atoms with Gasteiger partial charge in [-0.2, -0.15) is 0 Å². The Kier molecular flexibility index (Phi) is 3.99. The van der Waals surface area contributed by atoms with Gasteiger partial charge in [0.1, 0.15) is 0 Å². The molecular formula is C20H19N7. The summed E-state index contributed by atoms with van der Waals surface area (Å²) in [6, 6.07) is 14.2. The van der Waals surface area contributed by atoms with Crippen LogP contribution in [0.1, 0.15) is 28.7 Å². The number of nitrogens with zero attached hydrogens (tertiary/aromatic N) is 6. The average molecular weight is 357 g/mol. The predicted octanol–water partition coefficient (Wildman–Crippen LogP) is 2.53. The van der Waals surface area contributed by atoms with Crippen LogP contribution in [0.3, 0.4) is 0 Å². The molecule has 0 saturated heterocycles. The van der Waals surface area contributed by atoms with Gasteiger partial charge in [-0.25, -0.2) is 9.67 Å². The molecule has 0 aliphatic carbocycles. The SMILES string of the molecule is c1ccc(-n2cc(CN3CCc4[nH]cnc4C3c3cccnc3)nn2)cc1. The minimum Gasteiger partial charge on any atom is -0.348 e. The first-order valence-corrected chi connectivity index (χ1v) is 9.01. The number of aromatic amines is 1. The van der Waals surface area contributed by atoms with Gasteiger partial charge in [-0.1, -0.05) is 29.5 Å². The van der Waals surface area contributed by atoms with E-state index in [0.29, 0.717) is 6.54 Å². The number of pyridine rings is 1. The van der Waals surface area contributed by atoms with Crippen LogP contribution in [0.4, 0.5) is 0 Å². The topological polar surface area (TPSA) is 75.5 Å². The lowest BCUT2D eigenvalue weighted by molar-refractivity contribution is 0.197. The Bertz CT molecular complexity index is 1020. The second-order valence-corrected chi connectivity index (χ2v) is 6.67. The van der Waals surface area contributed by atoms with Crippen LogP contribution in [0, 0.1) is 0 Å². The van der Waals surface area contributed by atoms with E-state index in [-0.39, 0.29) is 6.04 Å². The minimum absolute atomic E-state index is 0.0653. The van der Waals surface area contributed by atoms with Crippen molar-refractivity contribution in [3.8, 4) is 5.69 Å². The second-order valence-electron chi connectivity index (χ2n) is 6.67. The van der Waals surface area contributed by atoms with E-state index in [1.165, 1.54) is 5.69 Å². The van der Waals surface area contributed by atoms with Crippen molar-refractivity contribution in [1.82, 2.24) is 34.8 Å². The van der Waals surface area contributed by atoms with E-state index < -0.39 is 0 Å². The summed E-state index contributed by atoms with van der Waals surface area (Å²) >= 11 is 0. The molecule has 7 heteroatoms. The first kappa shape index (κ1) is 15.9. The molecule has 0 saturated carbocycles. The highest BCUT2D eigenvalue weighted by Gasteiger charge is 2.31. The molecule has 0 spiro atoms. The molecule has 4 heterocycles. The quantitative estimate of drug-likeness (QED) is 0.607. The zero-order chi connectivity index (χ0) is 18.1. The standard InChI is InChI=1S/C20H19N7/c1-2-6-17(7-3-1)27-13-16(24-25-27)12-26-10-8-18-19(23-14-22-18)20(26)15-5-4-9-21-11-15/h1-7,9,11,13-14,20H,8,10,12H2,(H,22,23). The van der Waals surface area contributed by atoms with Gasteiger partial charge >= 0.3 is 0 Å². The maximum Gasteiger partial charge on any atom is 0.0972 e. The number of hydrogen-bond donors (Lipinski definition) is 1. The third-order valence-electron chi connectivity index (χ3n) is 4.95. The fourth-order valence-corrected chi connectivity index (χ4v) is 3.69. The largest absolute Gasteiger partial charge is 0.348 e. The Labute approximate surface area is 156 Å². The molecule has 7 nitrogen and oxygen atoms in total. The molecule has 3 aromatic heterocycles. The zero-order valence-electron chi connectivity index (χ0n) is 14.7. The van der Waals surface area contributed by atoms with Crippen molar-refractivity contribution in [2.75, 3.05) is 6.54 Å². The maximum atomic E-state index is 4.59. The number of rotatable bonds is 4. The maximum absolute atomic E-state index is 4.59. The molecule has 1 aliphatic heterocycles. The number of fused-ring (bicyclic) bond motifs is 1. The number of para-hydroxylation sites is 1. The molecule has 27 heavy (non-hydrogen) atoms. The summed E-state index contributed by atoms with van der Waals surface area (Å²) in [7, 11) is 0. The molecule has 134 valence electrons. The normalized spacial score (nSPS) is 17.0. The van der Waals surface area contributed by atoms with Crippen LogP contribution in [-0.2, 0) is 13.0 Å². The van der Waals surface area contributed by atoms with Crippen molar-refractivity contribution in [2.24, 2.45) is 0 Å². The molecule has 1 aromatic carbocycles. The molecule has 4 aromatic rings. The Morgan fingerprint density at radius 2 is 2.04 bits per heavy atom. The summed E-state index contributed by atoms with van der Waals surface area (Å²) in [5.41, 5.74) is 5.36. The van der Waals surface area contributed by atoms with E-state index in [2.05, 4.69) is 36.2 Å². The molecule has 0 amide bonds. The summed E-state index contributed by atoms with van der Waals surface area (Å²) in [5, 5.41) is 8.68. The molecule has 5 rings (SSSR count). The Morgan fingerprint density at radius 1 is 1.11 bits per heavy atom. The lowest BCUT2D eigenvalue weighted by atomic mass is 9.96. The molecule has 0 bridgehead atoms. The van der Waals surface area contributed by atoms with Crippen molar-refractivity contribution >= 4 is 0 Å². The number of nitrogens with one attached hydrogen (secondary N) is 1. The van der Waals surface area contributed by atoms with E-state index >= 15 is 0 Å². The minimum atomic E-state index is 0.0653. The van der Waals surface area contributed by atoms with Gasteiger partial charge in [-0.05, 0) is 23.8 Å². The van der Waals surface area contributed by atoms with Crippen LogP contribution in [-0.4, -0.2) is 41.4 Å². The van der Waals surface area contributed by atoms with Gasteiger partial charge in [0.15, 0.2) is 0 Å². The van der Waals surface area contributed by atoms with E-state index in [0.717, 1.165) is 35.6 Å². The van der Waals surface area contributed by atoms with Crippen LogP contribution in [0.2, 0.25) is 0 Å². The third-order valence-corrected chi connectivity index (χ3v) is 4.95. The molecule has 1 aliphatic rings. The monoisotopic (exact) mass is 357 g/mol.